The van der Waals surface area contributed by atoms with Crippen LogP contribution >= 0.6 is 23.4 Å². The zero-order valence-electron chi connectivity index (χ0n) is 9.12. The van der Waals surface area contributed by atoms with E-state index in [0.717, 1.165) is 32.9 Å². The molecule has 0 aliphatic heterocycles. The fourth-order valence-electron chi connectivity index (χ4n) is 1.45. The Kier molecular flexibility index (Phi) is 3.51. The van der Waals surface area contributed by atoms with Gasteiger partial charge in [0.05, 0.1) is 0 Å². The lowest BCUT2D eigenvalue weighted by atomic mass is 10.1. The first kappa shape index (κ1) is 11.5. The summed E-state index contributed by atoms with van der Waals surface area (Å²) in [5.41, 5.74) is 2.14. The number of hydrogen-bond donors (Lipinski definition) is 1. The molecule has 0 saturated heterocycles. The fraction of sp³-hybridized carbons (Fsp3) is 0.273. The number of nitrogens with one attached hydrogen (secondary N) is 1. The van der Waals surface area contributed by atoms with Crippen molar-refractivity contribution in [3.8, 4) is 11.4 Å². The molecule has 5 heteroatoms. The van der Waals surface area contributed by atoms with Crippen LogP contribution in [0.25, 0.3) is 11.4 Å². The molecule has 1 aromatic carbocycles. The Morgan fingerprint density at radius 1 is 1.44 bits per heavy atom. The van der Waals surface area contributed by atoms with E-state index >= 15 is 0 Å². The van der Waals surface area contributed by atoms with Crippen molar-refractivity contribution in [2.45, 2.75) is 19.0 Å². The van der Waals surface area contributed by atoms with Gasteiger partial charge in [0, 0.05) is 10.6 Å². The standard InChI is InChI=1S/C11H12ClN3S/c1-3-16-11-13-10(14-15-11)9-5-4-8(12)6-7(9)2/h4-6H,3H2,1-2H3,(H,13,14,15). The van der Waals surface area contributed by atoms with Gasteiger partial charge >= 0.3 is 0 Å². The van der Waals surface area contributed by atoms with Crippen LogP contribution < -0.4 is 0 Å². The van der Waals surface area contributed by atoms with Crippen LogP contribution in [0.2, 0.25) is 5.02 Å². The number of aromatic amines is 1. The van der Waals surface area contributed by atoms with Gasteiger partial charge in [0.1, 0.15) is 0 Å². The average Bonchev–Trinajstić information content (AvgIpc) is 2.67. The van der Waals surface area contributed by atoms with E-state index in [1.165, 1.54) is 0 Å². The van der Waals surface area contributed by atoms with E-state index in [2.05, 4.69) is 22.1 Å². The summed E-state index contributed by atoms with van der Waals surface area (Å²) in [4.78, 5) is 4.41. The lowest BCUT2D eigenvalue weighted by Crippen LogP contribution is -1.85. The highest BCUT2D eigenvalue weighted by molar-refractivity contribution is 7.99. The molecule has 2 rings (SSSR count). The van der Waals surface area contributed by atoms with Gasteiger partial charge in [0.15, 0.2) is 5.82 Å². The first-order chi connectivity index (χ1) is 7.70. The van der Waals surface area contributed by atoms with E-state index < -0.39 is 0 Å². The van der Waals surface area contributed by atoms with Gasteiger partial charge in [-0.25, -0.2) is 4.98 Å². The molecular formula is C11H12ClN3S. The normalized spacial score (nSPS) is 10.7. The van der Waals surface area contributed by atoms with Gasteiger partial charge in [-0.1, -0.05) is 30.3 Å². The number of benzene rings is 1. The van der Waals surface area contributed by atoms with Crippen LogP contribution in [0.15, 0.2) is 23.4 Å². The summed E-state index contributed by atoms with van der Waals surface area (Å²) in [6.07, 6.45) is 0. The van der Waals surface area contributed by atoms with E-state index in [1.54, 1.807) is 11.8 Å². The Labute approximate surface area is 104 Å². The molecule has 0 spiro atoms. The quantitative estimate of drug-likeness (QED) is 0.851. The van der Waals surface area contributed by atoms with Gasteiger partial charge in [-0.15, -0.1) is 5.10 Å². The van der Waals surface area contributed by atoms with E-state index in [-0.39, 0.29) is 0 Å². The van der Waals surface area contributed by atoms with Gasteiger partial charge in [0.2, 0.25) is 5.16 Å². The van der Waals surface area contributed by atoms with Crippen molar-refractivity contribution in [1.29, 1.82) is 0 Å². The molecule has 0 radical (unpaired) electrons. The van der Waals surface area contributed by atoms with Gasteiger partial charge in [-0.05, 0) is 36.4 Å². The van der Waals surface area contributed by atoms with Gasteiger partial charge in [-0.2, -0.15) is 0 Å². The highest BCUT2D eigenvalue weighted by atomic mass is 35.5. The third kappa shape index (κ3) is 2.39. The first-order valence-corrected chi connectivity index (χ1v) is 6.38. The molecular weight excluding hydrogens is 242 g/mol. The molecule has 0 unspecified atom stereocenters. The molecule has 1 heterocycles. The summed E-state index contributed by atoms with van der Waals surface area (Å²) in [6.45, 7) is 4.09. The Balaban J connectivity index is 2.35. The molecule has 0 atom stereocenters. The Morgan fingerprint density at radius 2 is 2.25 bits per heavy atom. The van der Waals surface area contributed by atoms with Crippen molar-refractivity contribution in [2.24, 2.45) is 0 Å². The van der Waals surface area contributed by atoms with Crippen molar-refractivity contribution >= 4 is 23.4 Å². The SMILES string of the molecule is CCSc1n[nH]c(-c2ccc(Cl)cc2C)n1. The summed E-state index contributed by atoms with van der Waals surface area (Å²) < 4.78 is 0. The zero-order valence-corrected chi connectivity index (χ0v) is 10.7. The van der Waals surface area contributed by atoms with E-state index in [9.17, 15) is 0 Å². The Bertz CT molecular complexity index is 496. The number of rotatable bonds is 3. The number of thioether (sulfide) groups is 1. The minimum absolute atomic E-state index is 0.740. The minimum Gasteiger partial charge on any atom is -0.258 e. The van der Waals surface area contributed by atoms with Crippen LogP contribution in [0.5, 0.6) is 0 Å². The molecule has 84 valence electrons. The van der Waals surface area contributed by atoms with Crippen molar-refractivity contribution in [3.05, 3.63) is 28.8 Å². The average molecular weight is 254 g/mol. The van der Waals surface area contributed by atoms with Crippen molar-refractivity contribution in [3.63, 3.8) is 0 Å². The number of H-pyrrole nitrogens is 1. The molecule has 0 bridgehead atoms. The molecule has 0 fully saturated rings. The maximum Gasteiger partial charge on any atom is 0.208 e. The number of aromatic nitrogens is 3. The predicted molar refractivity (Wildman–Crippen MR) is 68.0 cm³/mol. The molecule has 2 aromatic rings. The second-order valence-electron chi connectivity index (χ2n) is 3.36. The number of hydrogen-bond acceptors (Lipinski definition) is 3. The van der Waals surface area contributed by atoms with Gasteiger partial charge in [-0.3, -0.25) is 5.10 Å². The number of aryl methyl sites for hydroxylation is 1. The van der Waals surface area contributed by atoms with Crippen LogP contribution in [-0.2, 0) is 0 Å². The molecule has 0 aliphatic rings. The predicted octanol–water partition coefficient (Wildman–Crippen LogP) is 3.55. The second-order valence-corrected chi connectivity index (χ2v) is 5.03. The monoisotopic (exact) mass is 253 g/mol. The van der Waals surface area contributed by atoms with E-state index in [1.807, 2.05) is 25.1 Å². The molecule has 3 nitrogen and oxygen atoms in total. The smallest absolute Gasteiger partial charge is 0.208 e. The number of nitrogens with zero attached hydrogens (tertiary/aromatic N) is 2. The summed E-state index contributed by atoms with van der Waals surface area (Å²) in [5.74, 6) is 1.77. The highest BCUT2D eigenvalue weighted by Gasteiger charge is 2.08. The summed E-state index contributed by atoms with van der Waals surface area (Å²) >= 11 is 7.53. The number of halogens is 1. The van der Waals surface area contributed by atoms with Crippen molar-refractivity contribution in [1.82, 2.24) is 15.2 Å². The molecule has 0 amide bonds. The second kappa shape index (κ2) is 4.89. The van der Waals surface area contributed by atoms with Crippen molar-refractivity contribution < 1.29 is 0 Å². The molecule has 0 aliphatic carbocycles. The van der Waals surface area contributed by atoms with Crippen LogP contribution in [0.1, 0.15) is 12.5 Å². The summed E-state index contributed by atoms with van der Waals surface area (Å²) in [6, 6.07) is 5.74. The zero-order chi connectivity index (χ0) is 11.5. The van der Waals surface area contributed by atoms with Crippen LogP contribution in [0.3, 0.4) is 0 Å². The minimum atomic E-state index is 0.740. The molecule has 1 aromatic heterocycles. The lowest BCUT2D eigenvalue weighted by molar-refractivity contribution is 0.974. The lowest BCUT2D eigenvalue weighted by Gasteiger charge is -2.01. The maximum atomic E-state index is 5.91. The molecule has 16 heavy (non-hydrogen) atoms. The van der Waals surface area contributed by atoms with Crippen LogP contribution in [-0.4, -0.2) is 20.9 Å². The highest BCUT2D eigenvalue weighted by Crippen LogP contribution is 2.24. The van der Waals surface area contributed by atoms with Crippen LogP contribution in [0.4, 0.5) is 0 Å². The summed E-state index contributed by atoms with van der Waals surface area (Å²) in [7, 11) is 0. The van der Waals surface area contributed by atoms with E-state index in [0.29, 0.717) is 0 Å². The summed E-state index contributed by atoms with van der Waals surface area (Å²) in [5, 5.41) is 8.61. The Morgan fingerprint density at radius 3 is 2.94 bits per heavy atom. The largest absolute Gasteiger partial charge is 0.258 e. The third-order valence-corrected chi connectivity index (χ3v) is 3.15. The topological polar surface area (TPSA) is 41.6 Å². The van der Waals surface area contributed by atoms with Gasteiger partial charge in [0.25, 0.3) is 0 Å². The van der Waals surface area contributed by atoms with Crippen molar-refractivity contribution in [2.75, 3.05) is 5.75 Å². The maximum absolute atomic E-state index is 5.91. The fourth-order valence-corrected chi connectivity index (χ4v) is 2.20. The van der Waals surface area contributed by atoms with Crippen LogP contribution in [0, 0.1) is 6.92 Å². The Hall–Kier alpha value is -1.00. The third-order valence-electron chi connectivity index (χ3n) is 2.18. The van der Waals surface area contributed by atoms with E-state index in [4.69, 9.17) is 11.6 Å². The van der Waals surface area contributed by atoms with Gasteiger partial charge < -0.3 is 0 Å². The molecule has 1 N–H and O–H groups in total. The molecule has 0 saturated carbocycles. The first-order valence-electron chi connectivity index (χ1n) is 5.02.